The lowest BCUT2D eigenvalue weighted by Gasteiger charge is -2.14. The normalized spacial score (nSPS) is 18.6. The number of rotatable bonds is 4. The molecular formula is C16H22N2. The minimum Gasteiger partial charge on any atom is -0.260 e. The lowest BCUT2D eigenvalue weighted by molar-refractivity contribution is 0.946. The van der Waals surface area contributed by atoms with Gasteiger partial charge in [0.05, 0.1) is 11.4 Å². The second kappa shape index (κ2) is 6.90. The summed E-state index contributed by atoms with van der Waals surface area (Å²) in [7, 11) is 0. The van der Waals surface area contributed by atoms with Crippen LogP contribution >= 0.6 is 0 Å². The van der Waals surface area contributed by atoms with Gasteiger partial charge in [0.2, 0.25) is 0 Å². The van der Waals surface area contributed by atoms with Crippen molar-refractivity contribution in [1.82, 2.24) is 0 Å². The lowest BCUT2D eigenvalue weighted by atomic mass is 10.0. The molecule has 0 amide bonds. The van der Waals surface area contributed by atoms with E-state index in [0.29, 0.717) is 0 Å². The fraction of sp³-hybridized carbons (Fsp3) is 0.375. The van der Waals surface area contributed by atoms with Gasteiger partial charge in [0.15, 0.2) is 0 Å². The van der Waals surface area contributed by atoms with Crippen molar-refractivity contribution in [1.29, 1.82) is 0 Å². The Bertz CT molecular complexity index is 455. The lowest BCUT2D eigenvalue weighted by Crippen LogP contribution is -2.00. The van der Waals surface area contributed by atoms with Crippen LogP contribution in [0.25, 0.3) is 0 Å². The van der Waals surface area contributed by atoms with Crippen molar-refractivity contribution in [2.24, 2.45) is 9.98 Å². The molecule has 0 aromatic rings. The van der Waals surface area contributed by atoms with E-state index in [-0.39, 0.29) is 0 Å². The van der Waals surface area contributed by atoms with Crippen molar-refractivity contribution in [3.05, 3.63) is 47.9 Å². The number of aliphatic imine (C=N–C) groups is 2. The molecule has 0 N–H and O–H groups in total. The highest BCUT2D eigenvalue weighted by Gasteiger charge is 2.12. The molecule has 0 aliphatic carbocycles. The summed E-state index contributed by atoms with van der Waals surface area (Å²) in [5.41, 5.74) is 5.32. The van der Waals surface area contributed by atoms with E-state index in [1.807, 2.05) is 26.1 Å². The largest absolute Gasteiger partial charge is 0.260 e. The van der Waals surface area contributed by atoms with E-state index in [4.69, 9.17) is 0 Å². The summed E-state index contributed by atoms with van der Waals surface area (Å²) < 4.78 is 0. The number of allylic oxidation sites excluding steroid dienone is 4. The Morgan fingerprint density at radius 1 is 1.44 bits per heavy atom. The molecule has 2 heteroatoms. The van der Waals surface area contributed by atoms with Gasteiger partial charge in [0.1, 0.15) is 0 Å². The van der Waals surface area contributed by atoms with E-state index >= 15 is 0 Å². The summed E-state index contributed by atoms with van der Waals surface area (Å²) in [5.74, 6) is 0. The van der Waals surface area contributed by atoms with Crippen LogP contribution in [0.3, 0.4) is 0 Å². The van der Waals surface area contributed by atoms with Crippen LogP contribution in [0.15, 0.2) is 57.8 Å². The number of hydrogen-bond donors (Lipinski definition) is 0. The second-order valence-corrected chi connectivity index (χ2v) is 4.73. The average molecular weight is 242 g/mol. The molecule has 0 fully saturated rings. The summed E-state index contributed by atoms with van der Waals surface area (Å²) in [6, 6.07) is 0. The third-order valence-electron chi connectivity index (χ3n) is 2.61. The summed E-state index contributed by atoms with van der Waals surface area (Å²) in [4.78, 5) is 9.09. The topological polar surface area (TPSA) is 24.7 Å². The smallest absolute Gasteiger partial charge is 0.0869 e. The standard InChI is InChI=1S/C16H22N2/c1-6-8-13(4)11-15(18-12(2)3)16-14(5)9-7-10-17-16/h6,8,10H,1,5,7,9,11H2,2-4H3/b13-8+,16-15+. The molecule has 1 heterocycles. The van der Waals surface area contributed by atoms with Crippen molar-refractivity contribution in [3.63, 3.8) is 0 Å². The molecule has 18 heavy (non-hydrogen) atoms. The van der Waals surface area contributed by atoms with Gasteiger partial charge in [-0.2, -0.15) is 0 Å². The van der Waals surface area contributed by atoms with Gasteiger partial charge in [0, 0.05) is 18.3 Å². The third-order valence-corrected chi connectivity index (χ3v) is 2.61. The number of nitrogens with zero attached hydrogens (tertiary/aromatic N) is 2. The molecule has 0 saturated carbocycles. The van der Waals surface area contributed by atoms with Gasteiger partial charge in [-0.25, -0.2) is 0 Å². The maximum absolute atomic E-state index is 4.62. The van der Waals surface area contributed by atoms with Crippen LogP contribution < -0.4 is 0 Å². The predicted molar refractivity (Wildman–Crippen MR) is 81.2 cm³/mol. The first kappa shape index (κ1) is 14.4. The van der Waals surface area contributed by atoms with E-state index in [9.17, 15) is 0 Å². The summed E-state index contributed by atoms with van der Waals surface area (Å²) in [6.07, 6.45) is 8.52. The Hall–Kier alpha value is -1.70. The molecule has 0 radical (unpaired) electrons. The van der Waals surface area contributed by atoms with Gasteiger partial charge in [0.25, 0.3) is 0 Å². The molecule has 0 aromatic heterocycles. The first-order chi connectivity index (χ1) is 8.54. The van der Waals surface area contributed by atoms with E-state index in [0.717, 1.165) is 41.9 Å². The molecule has 2 nitrogen and oxygen atoms in total. The van der Waals surface area contributed by atoms with Gasteiger partial charge in [-0.1, -0.05) is 30.9 Å². The molecule has 1 aliphatic rings. The fourth-order valence-electron chi connectivity index (χ4n) is 1.85. The first-order valence-electron chi connectivity index (χ1n) is 6.28. The van der Waals surface area contributed by atoms with Crippen molar-refractivity contribution in [2.45, 2.75) is 40.0 Å². The second-order valence-electron chi connectivity index (χ2n) is 4.73. The highest BCUT2D eigenvalue weighted by atomic mass is 14.8. The van der Waals surface area contributed by atoms with Gasteiger partial charge in [-0.15, -0.1) is 0 Å². The molecule has 0 atom stereocenters. The average Bonchev–Trinajstić information content (AvgIpc) is 2.28. The Labute approximate surface area is 110 Å². The monoisotopic (exact) mass is 242 g/mol. The van der Waals surface area contributed by atoms with Gasteiger partial charge >= 0.3 is 0 Å². The fourth-order valence-corrected chi connectivity index (χ4v) is 1.85. The summed E-state index contributed by atoms with van der Waals surface area (Å²) >= 11 is 0. The molecule has 0 unspecified atom stereocenters. The Kier molecular flexibility index (Phi) is 5.50. The Balaban J connectivity index is 3.16. The van der Waals surface area contributed by atoms with Crippen LogP contribution in [0, 0.1) is 0 Å². The maximum Gasteiger partial charge on any atom is 0.0869 e. The van der Waals surface area contributed by atoms with E-state index < -0.39 is 0 Å². The SMILES string of the molecule is C=C/C=C(\C)C/C(N=C(C)C)=C1\N=CCCC1=C. The van der Waals surface area contributed by atoms with Crippen molar-refractivity contribution in [2.75, 3.05) is 0 Å². The minimum absolute atomic E-state index is 0.795. The molecule has 96 valence electrons. The van der Waals surface area contributed by atoms with Gasteiger partial charge in [-0.3, -0.25) is 9.98 Å². The van der Waals surface area contributed by atoms with E-state index in [1.165, 1.54) is 5.57 Å². The van der Waals surface area contributed by atoms with Gasteiger partial charge < -0.3 is 0 Å². The molecule has 0 saturated heterocycles. The zero-order valence-electron chi connectivity index (χ0n) is 11.7. The van der Waals surface area contributed by atoms with Crippen LogP contribution in [0.4, 0.5) is 0 Å². The Morgan fingerprint density at radius 3 is 2.72 bits per heavy atom. The van der Waals surface area contributed by atoms with Crippen molar-refractivity contribution in [3.8, 4) is 0 Å². The predicted octanol–water partition coefficient (Wildman–Crippen LogP) is 4.62. The first-order valence-corrected chi connectivity index (χ1v) is 6.28. The van der Waals surface area contributed by atoms with E-state index in [1.54, 1.807) is 6.08 Å². The quantitative estimate of drug-likeness (QED) is 0.507. The van der Waals surface area contributed by atoms with Crippen LogP contribution in [-0.2, 0) is 0 Å². The van der Waals surface area contributed by atoms with Crippen molar-refractivity contribution < 1.29 is 0 Å². The molecule has 0 aromatic carbocycles. The molecule has 1 aliphatic heterocycles. The summed E-state index contributed by atoms with van der Waals surface area (Å²) in [6.45, 7) is 13.9. The van der Waals surface area contributed by atoms with Crippen LogP contribution in [0.5, 0.6) is 0 Å². The highest BCUT2D eigenvalue weighted by Crippen LogP contribution is 2.27. The molecular weight excluding hydrogens is 220 g/mol. The zero-order valence-corrected chi connectivity index (χ0v) is 11.7. The van der Waals surface area contributed by atoms with Gasteiger partial charge in [-0.05, 0) is 39.2 Å². The van der Waals surface area contributed by atoms with Crippen LogP contribution in [-0.4, -0.2) is 11.9 Å². The summed E-state index contributed by atoms with van der Waals surface area (Å²) in [5, 5.41) is 0. The third kappa shape index (κ3) is 4.28. The highest BCUT2D eigenvalue weighted by molar-refractivity contribution is 5.80. The zero-order chi connectivity index (χ0) is 13.5. The van der Waals surface area contributed by atoms with Crippen LogP contribution in [0.2, 0.25) is 0 Å². The molecule has 0 spiro atoms. The molecule has 1 rings (SSSR count). The van der Waals surface area contributed by atoms with Crippen LogP contribution in [0.1, 0.15) is 40.0 Å². The minimum atomic E-state index is 0.795. The molecule has 0 bridgehead atoms. The Morgan fingerprint density at radius 2 is 2.17 bits per heavy atom. The number of hydrogen-bond acceptors (Lipinski definition) is 2. The maximum atomic E-state index is 4.62. The van der Waals surface area contributed by atoms with Crippen molar-refractivity contribution >= 4 is 11.9 Å². The van der Waals surface area contributed by atoms with E-state index in [2.05, 4.69) is 30.1 Å².